The van der Waals surface area contributed by atoms with Crippen LogP contribution >= 0.6 is 0 Å². The molecule has 0 amide bonds. The van der Waals surface area contributed by atoms with Gasteiger partial charge in [-0.3, -0.25) is 4.79 Å². The van der Waals surface area contributed by atoms with E-state index < -0.39 is 11.7 Å². The van der Waals surface area contributed by atoms with Gasteiger partial charge in [-0.15, -0.1) is 0 Å². The lowest BCUT2D eigenvalue weighted by atomic mass is 9.80. The van der Waals surface area contributed by atoms with Gasteiger partial charge in [0, 0.05) is 49.2 Å². The second-order valence-corrected chi connectivity index (χ2v) is 15.8. The van der Waals surface area contributed by atoms with E-state index in [4.69, 9.17) is 9.47 Å². The van der Waals surface area contributed by atoms with E-state index >= 15 is 0 Å². The molecule has 8 rings (SSSR count). The molecule has 1 saturated carbocycles. The Bertz CT molecular complexity index is 1870. The number of aryl methyl sites for hydroxylation is 1. The fourth-order valence-corrected chi connectivity index (χ4v) is 9.28. The number of quaternary nitrogens is 1. The molecule has 0 spiro atoms. The van der Waals surface area contributed by atoms with Crippen LogP contribution in [0.5, 0.6) is 11.5 Å². The lowest BCUT2D eigenvalue weighted by molar-refractivity contribution is -0.946. The van der Waals surface area contributed by atoms with Crippen LogP contribution in [0.15, 0.2) is 77.6 Å². The molecule has 53 heavy (non-hydrogen) atoms. The lowest BCUT2D eigenvalue weighted by Gasteiger charge is -2.53. The summed E-state index contributed by atoms with van der Waals surface area (Å²) in [7, 11) is 0. The first-order valence-corrected chi connectivity index (χ1v) is 19.4. The van der Waals surface area contributed by atoms with Gasteiger partial charge in [-0.2, -0.15) is 0 Å². The highest BCUT2D eigenvalue weighted by atomic mass is 79.9. The van der Waals surface area contributed by atoms with Crippen molar-refractivity contribution in [1.82, 2.24) is 10.3 Å². The monoisotopic (exact) mass is 789 g/mol. The van der Waals surface area contributed by atoms with Crippen molar-refractivity contribution in [2.45, 2.75) is 82.6 Å². The van der Waals surface area contributed by atoms with Crippen molar-refractivity contribution in [2.75, 3.05) is 45.9 Å². The maximum atomic E-state index is 12.1. The SMILES string of the molecule is Cc1cc(C(C)NC[C@H](O)c2ccc(O)c3[nH]c(=O)ccc23)ccc1OCCC[N+]12CCC(CC1)[C@@H](OC[C@@](O)(c1ccccc1)C1CCCC1)C2.[Br-]. The zero-order valence-corrected chi connectivity index (χ0v) is 32.7. The van der Waals surface area contributed by atoms with Crippen molar-refractivity contribution in [3.63, 3.8) is 0 Å². The molecule has 2 bridgehead atoms. The quantitative estimate of drug-likeness (QED) is 0.0925. The number of rotatable bonds is 15. The van der Waals surface area contributed by atoms with E-state index in [2.05, 4.69) is 48.4 Å². The lowest BCUT2D eigenvalue weighted by Crippen LogP contribution is -3.00. The number of aromatic hydroxyl groups is 1. The number of H-pyrrole nitrogens is 1. The van der Waals surface area contributed by atoms with E-state index in [1.54, 1.807) is 12.1 Å². The Balaban J connectivity index is 0.00000481. The van der Waals surface area contributed by atoms with Gasteiger partial charge in [-0.05, 0) is 73.1 Å². The highest BCUT2D eigenvalue weighted by Gasteiger charge is 2.48. The number of aromatic nitrogens is 1. The third-order valence-corrected chi connectivity index (χ3v) is 12.5. The minimum atomic E-state index is -0.919. The Labute approximate surface area is 323 Å². The van der Waals surface area contributed by atoms with E-state index in [1.807, 2.05) is 24.3 Å². The summed E-state index contributed by atoms with van der Waals surface area (Å²) < 4.78 is 14.1. The van der Waals surface area contributed by atoms with Crippen LogP contribution in [0.25, 0.3) is 10.9 Å². The molecule has 5 N–H and O–H groups in total. The zero-order chi connectivity index (χ0) is 36.3. The number of aliphatic hydroxyl groups excluding tert-OH is 1. The first-order chi connectivity index (χ1) is 25.1. The molecule has 4 aliphatic rings. The van der Waals surface area contributed by atoms with Crippen molar-refractivity contribution >= 4 is 10.9 Å². The fourth-order valence-electron chi connectivity index (χ4n) is 9.28. The molecule has 4 atom stereocenters. The number of piperidine rings is 3. The summed E-state index contributed by atoms with van der Waals surface area (Å²) in [6, 6.07) is 22.7. The molecule has 10 heteroatoms. The van der Waals surface area contributed by atoms with E-state index in [0.29, 0.717) is 42.1 Å². The molecule has 286 valence electrons. The maximum absolute atomic E-state index is 12.1. The van der Waals surface area contributed by atoms with Crippen molar-refractivity contribution in [3.8, 4) is 11.5 Å². The van der Waals surface area contributed by atoms with Crippen LogP contribution in [0.4, 0.5) is 0 Å². The minimum absolute atomic E-state index is 0. The molecule has 1 aromatic heterocycles. The number of nitrogens with one attached hydrogen (secondary N) is 2. The molecular weight excluding hydrogens is 734 g/mol. The summed E-state index contributed by atoms with van der Waals surface area (Å²) in [5, 5.41) is 37.3. The third kappa shape index (κ3) is 8.69. The largest absolute Gasteiger partial charge is 1.00 e. The number of hydrogen-bond donors (Lipinski definition) is 5. The van der Waals surface area contributed by atoms with Crippen LogP contribution in [0.2, 0.25) is 0 Å². The van der Waals surface area contributed by atoms with Gasteiger partial charge in [0.05, 0.1) is 44.5 Å². The Morgan fingerprint density at radius 1 is 1.00 bits per heavy atom. The molecule has 1 unspecified atom stereocenters. The maximum Gasteiger partial charge on any atom is 0.248 e. The molecule has 4 heterocycles. The first kappa shape index (κ1) is 39.4. The Morgan fingerprint density at radius 3 is 2.49 bits per heavy atom. The van der Waals surface area contributed by atoms with Crippen LogP contribution < -0.4 is 32.6 Å². The van der Waals surface area contributed by atoms with Crippen molar-refractivity contribution in [3.05, 3.63) is 105 Å². The summed E-state index contributed by atoms with van der Waals surface area (Å²) in [6.07, 6.45) is 7.23. The van der Waals surface area contributed by atoms with E-state index in [1.165, 1.54) is 50.9 Å². The van der Waals surface area contributed by atoms with Gasteiger partial charge < -0.3 is 56.6 Å². The average molecular weight is 791 g/mol. The number of aliphatic hydroxyl groups is 2. The van der Waals surface area contributed by atoms with Gasteiger partial charge in [0.1, 0.15) is 29.7 Å². The normalized spacial score (nSPS) is 23.7. The van der Waals surface area contributed by atoms with Crippen LogP contribution in [-0.4, -0.2) is 76.8 Å². The predicted molar refractivity (Wildman–Crippen MR) is 203 cm³/mol. The van der Waals surface area contributed by atoms with Crippen LogP contribution in [0.3, 0.4) is 0 Å². The van der Waals surface area contributed by atoms with Crippen LogP contribution in [0.1, 0.15) is 86.3 Å². The smallest absolute Gasteiger partial charge is 0.248 e. The molecule has 4 aromatic rings. The summed E-state index contributed by atoms with van der Waals surface area (Å²) in [6.45, 7) is 9.99. The molecule has 3 saturated heterocycles. The predicted octanol–water partition coefficient (Wildman–Crippen LogP) is 3.40. The molecule has 0 radical (unpaired) electrons. The topological polar surface area (TPSA) is 124 Å². The van der Waals surface area contributed by atoms with Crippen molar-refractivity contribution in [1.29, 1.82) is 0 Å². The van der Waals surface area contributed by atoms with E-state index in [-0.39, 0.29) is 46.4 Å². The number of hydrogen-bond acceptors (Lipinski definition) is 7. The highest BCUT2D eigenvalue weighted by molar-refractivity contribution is 5.87. The Morgan fingerprint density at radius 2 is 1.75 bits per heavy atom. The molecule has 3 aromatic carbocycles. The zero-order valence-electron chi connectivity index (χ0n) is 31.1. The Hall–Kier alpha value is -3.25. The molecule has 4 fully saturated rings. The number of nitrogens with zero attached hydrogens (tertiary/aromatic N) is 1. The van der Waals surface area contributed by atoms with Crippen LogP contribution in [-0.2, 0) is 10.3 Å². The molecule has 9 nitrogen and oxygen atoms in total. The van der Waals surface area contributed by atoms with E-state index in [9.17, 15) is 20.1 Å². The fraction of sp³-hybridized carbons (Fsp3) is 0.512. The summed E-state index contributed by atoms with van der Waals surface area (Å²) >= 11 is 0. The number of phenolic OH excluding ortho intramolecular Hbond substituents is 1. The van der Waals surface area contributed by atoms with Gasteiger partial charge >= 0.3 is 0 Å². The molecular formula is C43H56BrN3O6. The average Bonchev–Trinajstić information content (AvgIpc) is 3.72. The van der Waals surface area contributed by atoms with Gasteiger partial charge in [-0.25, -0.2) is 0 Å². The number of ether oxygens (including phenoxy) is 2. The minimum Gasteiger partial charge on any atom is -1.00 e. The van der Waals surface area contributed by atoms with Crippen molar-refractivity contribution < 1.29 is 46.3 Å². The second-order valence-electron chi connectivity index (χ2n) is 15.8. The number of aromatic amines is 1. The number of halogens is 1. The standard InChI is InChI=1S/C43H55N3O6.BrH/c1-29-25-32(30(2)44-26-38(48)35-14-16-37(47)42-36(35)15-18-41(49)45-42)13-17-39(29)51-24-8-21-46-22-19-31(20-23-46)40(27-46)52-28-43(50,34-11-6-7-12-34)33-9-4-3-5-10-33;/h3-5,9-10,13-18,25,30-31,34,38,40,44,48,50H,6-8,11-12,19-24,26-28H2,1-2H3,(H-,45,47,49);1H/t30?,31?,38-,40-,43+,46?;/m0./s1. The van der Waals surface area contributed by atoms with Gasteiger partial charge in [0.25, 0.3) is 0 Å². The van der Waals surface area contributed by atoms with Gasteiger partial charge in [0.15, 0.2) is 0 Å². The van der Waals surface area contributed by atoms with Crippen molar-refractivity contribution in [2.24, 2.45) is 11.8 Å². The summed E-state index contributed by atoms with van der Waals surface area (Å²) in [4.78, 5) is 14.4. The summed E-state index contributed by atoms with van der Waals surface area (Å²) in [5.41, 5.74) is 2.92. The number of pyridine rings is 1. The molecule has 3 aliphatic heterocycles. The van der Waals surface area contributed by atoms with Gasteiger partial charge in [0.2, 0.25) is 5.56 Å². The summed E-state index contributed by atoms with van der Waals surface area (Å²) in [5.74, 6) is 1.71. The van der Waals surface area contributed by atoms with E-state index in [0.717, 1.165) is 59.3 Å². The third-order valence-electron chi connectivity index (χ3n) is 12.5. The number of fused-ring (bicyclic) bond motifs is 4. The Kier molecular flexibility index (Phi) is 12.7. The second kappa shape index (κ2) is 17.0. The number of benzene rings is 3. The van der Waals surface area contributed by atoms with Gasteiger partial charge in [-0.1, -0.05) is 61.4 Å². The first-order valence-electron chi connectivity index (χ1n) is 19.4. The number of phenols is 1. The highest BCUT2D eigenvalue weighted by Crippen LogP contribution is 2.43. The van der Waals surface area contributed by atoms with Crippen LogP contribution in [0, 0.1) is 18.8 Å². The molecule has 1 aliphatic carbocycles.